The number of aromatic nitrogens is 2. The zero-order valence-corrected chi connectivity index (χ0v) is 12.3. The van der Waals surface area contributed by atoms with Gasteiger partial charge in [0.2, 0.25) is 5.91 Å². The molecule has 0 aliphatic rings. The summed E-state index contributed by atoms with van der Waals surface area (Å²) in [7, 11) is 1.34. The van der Waals surface area contributed by atoms with Crippen molar-refractivity contribution in [2.24, 2.45) is 0 Å². The highest BCUT2D eigenvalue weighted by atomic mass is 32.2. The van der Waals surface area contributed by atoms with Gasteiger partial charge in [-0.2, -0.15) is 0 Å². The standard InChI is InChI=1S/C12H18N4O3S/c1-8-6-9(13)16-12(15-8)20-7-10(17)14-5-3-4-11(18)19-2/h6H,3-5,7H2,1-2H3,(H,14,17)(H2,13,15,16). The Labute approximate surface area is 121 Å². The van der Waals surface area contributed by atoms with Crippen molar-refractivity contribution in [2.45, 2.75) is 24.9 Å². The lowest BCUT2D eigenvalue weighted by molar-refractivity contribution is -0.140. The number of nitrogens with zero attached hydrogens (tertiary/aromatic N) is 2. The summed E-state index contributed by atoms with van der Waals surface area (Å²) in [5.41, 5.74) is 6.36. The van der Waals surface area contributed by atoms with Crippen molar-refractivity contribution in [1.82, 2.24) is 15.3 Å². The Morgan fingerprint density at radius 3 is 2.85 bits per heavy atom. The minimum Gasteiger partial charge on any atom is -0.469 e. The molecule has 0 radical (unpaired) electrons. The molecule has 0 fully saturated rings. The number of aryl methyl sites for hydroxylation is 1. The Balaban J connectivity index is 2.24. The van der Waals surface area contributed by atoms with E-state index in [1.807, 2.05) is 6.92 Å². The highest BCUT2D eigenvalue weighted by molar-refractivity contribution is 7.99. The summed E-state index contributed by atoms with van der Waals surface area (Å²) in [4.78, 5) is 30.6. The van der Waals surface area contributed by atoms with Gasteiger partial charge in [-0.3, -0.25) is 9.59 Å². The molecule has 0 aliphatic carbocycles. The molecule has 0 saturated carbocycles. The van der Waals surface area contributed by atoms with Crippen LogP contribution in [-0.2, 0) is 14.3 Å². The van der Waals surface area contributed by atoms with E-state index in [1.165, 1.54) is 18.9 Å². The van der Waals surface area contributed by atoms with Crippen LogP contribution < -0.4 is 11.1 Å². The topological polar surface area (TPSA) is 107 Å². The molecule has 0 bridgehead atoms. The van der Waals surface area contributed by atoms with Crippen molar-refractivity contribution in [2.75, 3.05) is 25.1 Å². The number of thioether (sulfide) groups is 1. The second-order valence-corrected chi connectivity index (χ2v) is 4.98. The van der Waals surface area contributed by atoms with Gasteiger partial charge in [-0.1, -0.05) is 11.8 Å². The Hall–Kier alpha value is -1.83. The summed E-state index contributed by atoms with van der Waals surface area (Å²) in [6.07, 6.45) is 0.846. The van der Waals surface area contributed by atoms with Crippen LogP contribution in [-0.4, -0.2) is 41.3 Å². The van der Waals surface area contributed by atoms with Gasteiger partial charge in [0.15, 0.2) is 5.16 Å². The maximum absolute atomic E-state index is 11.6. The third kappa shape index (κ3) is 6.37. The van der Waals surface area contributed by atoms with Gasteiger partial charge in [0.25, 0.3) is 0 Å². The number of anilines is 1. The van der Waals surface area contributed by atoms with Gasteiger partial charge in [-0.25, -0.2) is 9.97 Å². The molecule has 1 aromatic heterocycles. The van der Waals surface area contributed by atoms with Gasteiger partial charge in [0, 0.05) is 24.7 Å². The zero-order chi connectivity index (χ0) is 15.0. The maximum atomic E-state index is 11.6. The van der Waals surface area contributed by atoms with E-state index in [2.05, 4.69) is 20.0 Å². The number of ether oxygens (including phenoxy) is 1. The number of nitrogen functional groups attached to an aromatic ring is 1. The molecule has 1 aromatic rings. The number of amides is 1. The normalized spacial score (nSPS) is 10.1. The lowest BCUT2D eigenvalue weighted by Gasteiger charge is -2.05. The van der Waals surface area contributed by atoms with Crippen LogP contribution in [0.2, 0.25) is 0 Å². The number of nitrogens with two attached hydrogens (primary N) is 1. The monoisotopic (exact) mass is 298 g/mol. The van der Waals surface area contributed by atoms with Crippen molar-refractivity contribution in [3.05, 3.63) is 11.8 Å². The fourth-order valence-electron chi connectivity index (χ4n) is 1.37. The number of esters is 1. The van der Waals surface area contributed by atoms with Crippen molar-refractivity contribution < 1.29 is 14.3 Å². The first kappa shape index (κ1) is 16.2. The minimum atomic E-state index is -0.280. The van der Waals surface area contributed by atoms with Gasteiger partial charge in [-0.05, 0) is 13.3 Å². The van der Waals surface area contributed by atoms with Gasteiger partial charge < -0.3 is 15.8 Å². The van der Waals surface area contributed by atoms with E-state index >= 15 is 0 Å². The lowest BCUT2D eigenvalue weighted by atomic mass is 10.3. The van der Waals surface area contributed by atoms with Crippen LogP contribution in [0.1, 0.15) is 18.5 Å². The van der Waals surface area contributed by atoms with E-state index in [1.54, 1.807) is 6.07 Å². The Morgan fingerprint density at radius 2 is 2.20 bits per heavy atom. The number of hydrogen-bond acceptors (Lipinski definition) is 7. The van der Waals surface area contributed by atoms with Gasteiger partial charge in [0.05, 0.1) is 12.9 Å². The molecular weight excluding hydrogens is 280 g/mol. The average molecular weight is 298 g/mol. The molecule has 1 rings (SSSR count). The van der Waals surface area contributed by atoms with Crippen LogP contribution in [0.4, 0.5) is 5.82 Å². The molecule has 110 valence electrons. The van der Waals surface area contributed by atoms with E-state index in [0.29, 0.717) is 30.4 Å². The van der Waals surface area contributed by atoms with Crippen LogP contribution in [0, 0.1) is 6.92 Å². The molecule has 0 aliphatic heterocycles. The van der Waals surface area contributed by atoms with E-state index in [9.17, 15) is 9.59 Å². The van der Waals surface area contributed by atoms with Crippen molar-refractivity contribution in [3.8, 4) is 0 Å². The Kier molecular flexibility index (Phi) is 6.78. The number of methoxy groups -OCH3 is 1. The Morgan fingerprint density at radius 1 is 1.45 bits per heavy atom. The Bertz CT molecular complexity index is 462. The van der Waals surface area contributed by atoms with Crippen LogP contribution in [0.25, 0.3) is 0 Å². The summed E-state index contributed by atoms with van der Waals surface area (Å²) in [5, 5.41) is 3.19. The molecule has 8 heteroatoms. The molecule has 3 N–H and O–H groups in total. The van der Waals surface area contributed by atoms with Crippen molar-refractivity contribution in [3.63, 3.8) is 0 Å². The third-order valence-electron chi connectivity index (χ3n) is 2.29. The van der Waals surface area contributed by atoms with E-state index < -0.39 is 0 Å². The van der Waals surface area contributed by atoms with Crippen LogP contribution in [0.3, 0.4) is 0 Å². The molecule has 0 spiro atoms. The first-order valence-electron chi connectivity index (χ1n) is 6.08. The number of hydrogen-bond donors (Lipinski definition) is 2. The molecule has 0 atom stereocenters. The smallest absolute Gasteiger partial charge is 0.305 e. The second-order valence-electron chi connectivity index (χ2n) is 4.04. The van der Waals surface area contributed by atoms with Crippen LogP contribution in [0.5, 0.6) is 0 Å². The molecule has 0 aromatic carbocycles. The fraction of sp³-hybridized carbons (Fsp3) is 0.500. The van der Waals surface area contributed by atoms with Crippen molar-refractivity contribution >= 4 is 29.5 Å². The molecule has 0 unspecified atom stereocenters. The summed E-state index contributed by atoms with van der Waals surface area (Å²) in [6, 6.07) is 1.66. The highest BCUT2D eigenvalue weighted by Crippen LogP contribution is 2.14. The molecule has 1 heterocycles. The predicted octanol–water partition coefficient (Wildman–Crippen LogP) is 0.529. The SMILES string of the molecule is COC(=O)CCCNC(=O)CSc1nc(C)cc(N)n1. The molecule has 20 heavy (non-hydrogen) atoms. The lowest BCUT2D eigenvalue weighted by Crippen LogP contribution is -2.26. The van der Waals surface area contributed by atoms with Crippen LogP contribution >= 0.6 is 11.8 Å². The number of carbonyl (C=O) groups is 2. The maximum Gasteiger partial charge on any atom is 0.305 e. The number of nitrogens with one attached hydrogen (secondary N) is 1. The second kappa shape index (κ2) is 8.36. The predicted molar refractivity (Wildman–Crippen MR) is 76.2 cm³/mol. The van der Waals surface area contributed by atoms with E-state index in [0.717, 1.165) is 5.69 Å². The molecule has 1 amide bonds. The minimum absolute atomic E-state index is 0.136. The number of carbonyl (C=O) groups excluding carboxylic acids is 2. The molecule has 7 nitrogen and oxygen atoms in total. The largest absolute Gasteiger partial charge is 0.469 e. The summed E-state index contributed by atoms with van der Waals surface area (Å²) < 4.78 is 4.50. The number of rotatable bonds is 7. The average Bonchev–Trinajstić information content (AvgIpc) is 2.40. The zero-order valence-electron chi connectivity index (χ0n) is 11.5. The first-order valence-corrected chi connectivity index (χ1v) is 7.07. The quantitative estimate of drug-likeness (QED) is 0.327. The molecular formula is C12H18N4O3S. The summed E-state index contributed by atoms with van der Waals surface area (Å²) >= 11 is 1.22. The van der Waals surface area contributed by atoms with Crippen molar-refractivity contribution in [1.29, 1.82) is 0 Å². The van der Waals surface area contributed by atoms with Gasteiger partial charge in [0.1, 0.15) is 5.82 Å². The van der Waals surface area contributed by atoms with E-state index in [4.69, 9.17) is 5.73 Å². The summed E-state index contributed by atoms with van der Waals surface area (Å²) in [6.45, 7) is 2.25. The van der Waals surface area contributed by atoms with E-state index in [-0.39, 0.29) is 17.6 Å². The third-order valence-corrected chi connectivity index (χ3v) is 3.14. The first-order chi connectivity index (χ1) is 9.51. The van der Waals surface area contributed by atoms with Gasteiger partial charge in [-0.15, -0.1) is 0 Å². The molecule has 0 saturated heterocycles. The van der Waals surface area contributed by atoms with Crippen LogP contribution in [0.15, 0.2) is 11.2 Å². The fourth-order valence-corrected chi connectivity index (χ4v) is 2.11. The summed E-state index contributed by atoms with van der Waals surface area (Å²) in [5.74, 6) is 0.181. The highest BCUT2D eigenvalue weighted by Gasteiger charge is 2.06. The van der Waals surface area contributed by atoms with Gasteiger partial charge >= 0.3 is 5.97 Å².